The Morgan fingerprint density at radius 2 is 1.68 bits per heavy atom. The van der Waals surface area contributed by atoms with Gasteiger partial charge in [0.25, 0.3) is 6.33 Å². The van der Waals surface area contributed by atoms with Crippen LogP contribution in [0.4, 0.5) is 0 Å². The summed E-state index contributed by atoms with van der Waals surface area (Å²) in [7, 11) is 2.12. The molecule has 3 nitrogen and oxygen atoms in total. The number of benzene rings is 4. The van der Waals surface area contributed by atoms with Crippen LogP contribution in [0.25, 0.3) is 43.7 Å². The lowest BCUT2D eigenvalue weighted by Crippen LogP contribution is -2.33. The van der Waals surface area contributed by atoms with Crippen LogP contribution in [-0.4, -0.2) is 4.98 Å². The molecule has 3 heteroatoms. The Morgan fingerprint density at radius 1 is 0.947 bits per heavy atom. The fourth-order valence-electron chi connectivity index (χ4n) is 7.14. The third-order valence-electron chi connectivity index (χ3n) is 8.83. The summed E-state index contributed by atoms with van der Waals surface area (Å²) in [6.45, 7) is 9.21. The van der Waals surface area contributed by atoms with E-state index in [-0.39, 0.29) is 5.41 Å². The average Bonchev–Trinajstić information content (AvgIpc) is 3.40. The van der Waals surface area contributed by atoms with Crippen LogP contribution in [0, 0.1) is 18.3 Å². The third kappa shape index (κ3) is 3.62. The van der Waals surface area contributed by atoms with Gasteiger partial charge < -0.3 is 4.74 Å². The number of rotatable bonds is 3. The quantitative estimate of drug-likeness (QED) is 0.179. The molecule has 7 rings (SSSR count). The highest BCUT2D eigenvalue weighted by Gasteiger charge is 2.34. The van der Waals surface area contributed by atoms with Crippen molar-refractivity contribution in [1.82, 2.24) is 4.98 Å². The first-order valence-corrected chi connectivity index (χ1v) is 14.3. The first-order valence-electron chi connectivity index (χ1n) is 14.3. The predicted molar refractivity (Wildman–Crippen MR) is 157 cm³/mol. The van der Waals surface area contributed by atoms with E-state index in [2.05, 4.69) is 87.8 Å². The van der Waals surface area contributed by atoms with Crippen LogP contribution in [-0.2, 0) is 19.9 Å². The topological polar surface area (TPSA) is 26.0 Å². The number of ether oxygens (including phenoxy) is 1. The van der Waals surface area contributed by atoms with E-state index in [0.717, 1.165) is 41.2 Å². The number of hydrogen-bond donors (Lipinski definition) is 0. The second kappa shape index (κ2) is 8.53. The molecule has 38 heavy (non-hydrogen) atoms. The smallest absolute Gasteiger partial charge is 0.287 e. The van der Waals surface area contributed by atoms with Gasteiger partial charge in [-0.25, -0.2) is 4.57 Å². The van der Waals surface area contributed by atoms with Crippen molar-refractivity contribution in [1.29, 1.82) is 0 Å². The summed E-state index contributed by atoms with van der Waals surface area (Å²) < 4.78 is 9.25. The van der Waals surface area contributed by atoms with Crippen molar-refractivity contribution in [2.45, 2.75) is 66.2 Å². The van der Waals surface area contributed by atoms with Gasteiger partial charge in [0.1, 0.15) is 16.9 Å². The molecule has 5 aromatic rings. The molecule has 0 N–H and O–H groups in total. The Kier molecular flexibility index (Phi) is 5.30. The molecule has 0 bridgehead atoms. The first kappa shape index (κ1) is 23.6. The molecule has 1 aliphatic carbocycles. The van der Waals surface area contributed by atoms with Gasteiger partial charge in [-0.15, -0.1) is 0 Å². The van der Waals surface area contributed by atoms with Crippen molar-refractivity contribution < 1.29 is 9.30 Å². The molecule has 1 saturated carbocycles. The largest absolute Gasteiger partial charge is 0.455 e. The van der Waals surface area contributed by atoms with Crippen LogP contribution in [0.15, 0.2) is 54.9 Å². The minimum absolute atomic E-state index is 0.128. The summed E-state index contributed by atoms with van der Waals surface area (Å²) in [5.41, 5.74) is 7.63. The van der Waals surface area contributed by atoms with E-state index in [1.54, 1.807) is 0 Å². The van der Waals surface area contributed by atoms with Crippen LogP contribution in [0.5, 0.6) is 11.5 Å². The summed E-state index contributed by atoms with van der Waals surface area (Å²) in [6, 6.07) is 18.0. The Morgan fingerprint density at radius 3 is 2.45 bits per heavy atom. The van der Waals surface area contributed by atoms with Crippen LogP contribution in [0.3, 0.4) is 0 Å². The zero-order valence-corrected chi connectivity index (χ0v) is 23.3. The molecule has 0 radical (unpaired) electrons. The molecular weight excluding hydrogens is 464 g/mol. The van der Waals surface area contributed by atoms with E-state index in [1.807, 2.05) is 6.33 Å². The highest BCUT2D eigenvalue weighted by Crippen LogP contribution is 2.52. The maximum Gasteiger partial charge on any atom is 0.287 e. The second-order valence-corrected chi connectivity index (χ2v) is 12.9. The molecule has 2 heterocycles. The van der Waals surface area contributed by atoms with Crippen molar-refractivity contribution in [3.63, 3.8) is 0 Å². The van der Waals surface area contributed by atoms with E-state index in [1.165, 1.54) is 75.2 Å². The van der Waals surface area contributed by atoms with Gasteiger partial charge in [-0.3, -0.25) is 0 Å². The lowest BCUT2D eigenvalue weighted by molar-refractivity contribution is -0.662. The normalized spacial score (nSPS) is 15.4. The zero-order chi connectivity index (χ0) is 26.2. The summed E-state index contributed by atoms with van der Waals surface area (Å²) >= 11 is 0. The van der Waals surface area contributed by atoms with Gasteiger partial charge in [0.05, 0.1) is 12.6 Å². The summed E-state index contributed by atoms with van der Waals surface area (Å²) in [6.07, 6.45) is 9.53. The minimum Gasteiger partial charge on any atom is -0.455 e. The molecule has 0 unspecified atom stereocenters. The molecular formula is C35H37N2O+. The Hall–Kier alpha value is -3.46. The van der Waals surface area contributed by atoms with E-state index >= 15 is 0 Å². The van der Waals surface area contributed by atoms with Gasteiger partial charge in [-0.2, -0.15) is 0 Å². The van der Waals surface area contributed by atoms with Crippen molar-refractivity contribution in [2.75, 3.05) is 0 Å². The standard InChI is InChI=1S/C35H37N2O/c1-21-24-14-8-9-15-25(24)28(19-35(2,3)4)34-30(21)33-31-29(38-34)18-27-23(17-22-11-6-7-12-22)13-10-16-26(27)32(31)36-20-37(33)5/h8-10,13-16,18,20,22H,6-7,11-12,17,19H2,1-5H3/q+1. The fourth-order valence-corrected chi connectivity index (χ4v) is 7.14. The van der Waals surface area contributed by atoms with Crippen LogP contribution in [0.1, 0.15) is 63.1 Å². The lowest BCUT2D eigenvalue weighted by atomic mass is 9.81. The maximum absolute atomic E-state index is 7.05. The number of aromatic nitrogens is 2. The van der Waals surface area contributed by atoms with Crippen molar-refractivity contribution in [3.05, 3.63) is 71.5 Å². The molecule has 2 aliphatic rings. The Bertz CT molecular complexity index is 1750. The molecule has 0 spiro atoms. The Balaban J connectivity index is 1.56. The fraction of sp³-hybridized carbons (Fsp3) is 0.371. The molecule has 192 valence electrons. The zero-order valence-electron chi connectivity index (χ0n) is 23.3. The third-order valence-corrected chi connectivity index (χ3v) is 8.83. The number of nitrogens with zero attached hydrogens (tertiary/aromatic N) is 2. The van der Waals surface area contributed by atoms with Gasteiger partial charge in [0.15, 0.2) is 11.2 Å². The van der Waals surface area contributed by atoms with Gasteiger partial charge in [0.2, 0.25) is 0 Å². The molecule has 0 atom stereocenters. The van der Waals surface area contributed by atoms with Crippen molar-refractivity contribution in [3.8, 4) is 22.8 Å². The average molecular weight is 502 g/mol. The monoisotopic (exact) mass is 501 g/mol. The van der Waals surface area contributed by atoms with E-state index in [0.29, 0.717) is 0 Å². The molecule has 0 amide bonds. The minimum atomic E-state index is 0.128. The summed E-state index contributed by atoms with van der Waals surface area (Å²) in [5, 5.41) is 6.28. The van der Waals surface area contributed by atoms with Gasteiger partial charge in [0, 0.05) is 10.9 Å². The lowest BCUT2D eigenvalue weighted by Gasteiger charge is -2.28. The summed E-state index contributed by atoms with van der Waals surface area (Å²) in [5.74, 6) is 2.76. The van der Waals surface area contributed by atoms with E-state index in [9.17, 15) is 0 Å². The summed E-state index contributed by atoms with van der Waals surface area (Å²) in [4.78, 5) is 5.01. The molecule has 1 aliphatic heterocycles. The highest BCUT2D eigenvalue weighted by molar-refractivity contribution is 6.15. The molecule has 0 saturated heterocycles. The maximum atomic E-state index is 7.05. The SMILES string of the molecule is Cc1c2c(c(CC(C)(C)C)c3ccccc13)Oc1cc3c(CC4CCCC4)cccc3c3nc[n+](C)c-2c13. The molecule has 1 aromatic heterocycles. The Labute approximate surface area is 225 Å². The first-order chi connectivity index (χ1) is 18.3. The molecule has 4 aromatic carbocycles. The highest BCUT2D eigenvalue weighted by atomic mass is 16.5. The van der Waals surface area contributed by atoms with Crippen LogP contribution < -0.4 is 9.30 Å². The van der Waals surface area contributed by atoms with E-state index in [4.69, 9.17) is 9.72 Å². The van der Waals surface area contributed by atoms with Crippen molar-refractivity contribution in [2.24, 2.45) is 18.4 Å². The van der Waals surface area contributed by atoms with Crippen LogP contribution in [0.2, 0.25) is 0 Å². The van der Waals surface area contributed by atoms with Gasteiger partial charge in [-0.1, -0.05) is 82.9 Å². The number of hydrogen-bond acceptors (Lipinski definition) is 2. The second-order valence-electron chi connectivity index (χ2n) is 12.9. The van der Waals surface area contributed by atoms with E-state index < -0.39 is 0 Å². The van der Waals surface area contributed by atoms with Crippen LogP contribution >= 0.6 is 0 Å². The predicted octanol–water partition coefficient (Wildman–Crippen LogP) is 8.77. The van der Waals surface area contributed by atoms with Crippen molar-refractivity contribution >= 4 is 32.4 Å². The number of fused-ring (bicyclic) bond motifs is 5. The number of aryl methyl sites for hydroxylation is 2. The van der Waals surface area contributed by atoms with Gasteiger partial charge >= 0.3 is 0 Å². The molecule has 1 fully saturated rings. The van der Waals surface area contributed by atoms with Gasteiger partial charge in [-0.05, 0) is 75.5 Å².